The fourth-order valence-electron chi connectivity index (χ4n) is 2.17. The highest BCUT2D eigenvalue weighted by Gasteiger charge is 2.25. The number of carbonyl (C=O) groups is 1. The molecule has 0 saturated carbocycles. The van der Waals surface area contributed by atoms with Crippen LogP contribution in [0.4, 0.5) is 0 Å². The van der Waals surface area contributed by atoms with Gasteiger partial charge in [-0.2, -0.15) is 0 Å². The third-order valence-corrected chi connectivity index (χ3v) is 3.79. The molecule has 1 aromatic rings. The number of carbonyl (C=O) groups excluding carboxylic acids is 1. The number of rotatable bonds is 3. The van der Waals surface area contributed by atoms with Crippen molar-refractivity contribution in [2.75, 3.05) is 27.2 Å². The Morgan fingerprint density at radius 1 is 1.53 bits per heavy atom. The summed E-state index contributed by atoms with van der Waals surface area (Å²) < 4.78 is 6.17. The molecule has 0 spiro atoms. The average Bonchev–Trinajstić information content (AvgIpc) is 2.90. The number of amides is 1. The smallest absolute Gasteiger partial charge is 0.257 e. The molecule has 1 fully saturated rings. The fourth-order valence-corrected chi connectivity index (χ4v) is 2.51. The molecule has 1 unspecified atom stereocenters. The van der Waals surface area contributed by atoms with Gasteiger partial charge in [0.1, 0.15) is 5.75 Å². The van der Waals surface area contributed by atoms with E-state index < -0.39 is 0 Å². The average molecular weight is 350 g/mol. The van der Waals surface area contributed by atoms with Crippen LogP contribution in [0.1, 0.15) is 16.8 Å². The summed E-state index contributed by atoms with van der Waals surface area (Å²) in [5.74, 6) is 0.611. The Bertz CT molecular complexity index is 450. The van der Waals surface area contributed by atoms with Crippen molar-refractivity contribution < 1.29 is 9.53 Å². The van der Waals surface area contributed by atoms with Crippen molar-refractivity contribution in [2.45, 2.75) is 12.5 Å². The molecule has 1 aliphatic rings. The van der Waals surface area contributed by atoms with Gasteiger partial charge in [-0.25, -0.2) is 0 Å². The number of methoxy groups -OCH3 is 1. The van der Waals surface area contributed by atoms with E-state index >= 15 is 0 Å². The Hall–Kier alpha value is -0.780. The monoisotopic (exact) mass is 348 g/mol. The Labute approximate surface area is 128 Å². The lowest BCUT2D eigenvalue weighted by Gasteiger charge is -2.24. The van der Waals surface area contributed by atoms with Crippen LogP contribution in [-0.4, -0.2) is 44.1 Å². The van der Waals surface area contributed by atoms with Crippen LogP contribution in [0.2, 0.25) is 0 Å². The van der Waals surface area contributed by atoms with Crippen LogP contribution in [0, 0.1) is 0 Å². The van der Waals surface area contributed by atoms with Gasteiger partial charge in [0.05, 0.1) is 12.7 Å². The van der Waals surface area contributed by atoms with Crippen molar-refractivity contribution in [2.24, 2.45) is 0 Å². The van der Waals surface area contributed by atoms with Gasteiger partial charge in [-0.05, 0) is 31.2 Å². The molecular weight excluding hydrogens is 332 g/mol. The number of likely N-dealkylation sites (N-methyl/N-ethyl adjacent to an activating group) is 1. The summed E-state index contributed by atoms with van der Waals surface area (Å²) >= 11 is 3.37. The van der Waals surface area contributed by atoms with E-state index in [1.165, 1.54) is 0 Å². The quantitative estimate of drug-likeness (QED) is 0.910. The number of hydrogen-bond acceptors (Lipinski definition) is 3. The third-order valence-electron chi connectivity index (χ3n) is 3.30. The van der Waals surface area contributed by atoms with Crippen molar-refractivity contribution in [3.63, 3.8) is 0 Å². The number of halogens is 2. The summed E-state index contributed by atoms with van der Waals surface area (Å²) in [5.41, 5.74) is 0.607. The minimum absolute atomic E-state index is 0. The summed E-state index contributed by atoms with van der Waals surface area (Å²) in [6.45, 7) is 1.83. The Kier molecular flexibility index (Phi) is 6.10. The zero-order valence-electron chi connectivity index (χ0n) is 11.0. The van der Waals surface area contributed by atoms with Gasteiger partial charge in [0.25, 0.3) is 5.91 Å². The van der Waals surface area contributed by atoms with Crippen LogP contribution in [-0.2, 0) is 0 Å². The normalized spacial score (nSPS) is 17.7. The molecule has 106 valence electrons. The van der Waals surface area contributed by atoms with E-state index in [0.717, 1.165) is 24.0 Å². The fraction of sp³-hybridized carbons (Fsp3) is 0.462. The lowest BCUT2D eigenvalue weighted by molar-refractivity contribution is 0.0740. The maximum absolute atomic E-state index is 12.4. The first-order valence-corrected chi connectivity index (χ1v) is 6.74. The van der Waals surface area contributed by atoms with E-state index in [2.05, 4.69) is 21.2 Å². The maximum atomic E-state index is 12.4. The molecule has 1 amide bonds. The topological polar surface area (TPSA) is 41.6 Å². The highest BCUT2D eigenvalue weighted by molar-refractivity contribution is 9.10. The Morgan fingerprint density at radius 2 is 2.26 bits per heavy atom. The molecule has 2 rings (SSSR count). The Morgan fingerprint density at radius 3 is 2.84 bits per heavy atom. The number of nitrogens with zero attached hydrogens (tertiary/aromatic N) is 1. The molecule has 1 aromatic carbocycles. The summed E-state index contributed by atoms with van der Waals surface area (Å²) in [6, 6.07) is 5.74. The molecule has 1 saturated heterocycles. The van der Waals surface area contributed by atoms with Crippen LogP contribution >= 0.6 is 28.3 Å². The molecular formula is C13H18BrClN2O2. The molecule has 1 N–H and O–H groups in total. The number of hydrogen-bond donors (Lipinski definition) is 1. The van der Waals surface area contributed by atoms with Crippen LogP contribution < -0.4 is 10.1 Å². The molecule has 1 heterocycles. The first kappa shape index (κ1) is 16.3. The van der Waals surface area contributed by atoms with E-state index in [1.54, 1.807) is 18.1 Å². The minimum atomic E-state index is 0. The van der Waals surface area contributed by atoms with Crippen molar-refractivity contribution in [1.82, 2.24) is 10.2 Å². The molecule has 0 bridgehead atoms. The molecule has 0 aromatic heterocycles. The molecule has 0 aliphatic carbocycles. The number of benzene rings is 1. The second kappa shape index (κ2) is 7.12. The van der Waals surface area contributed by atoms with E-state index in [9.17, 15) is 4.79 Å². The van der Waals surface area contributed by atoms with Crippen molar-refractivity contribution >= 4 is 34.2 Å². The summed E-state index contributed by atoms with van der Waals surface area (Å²) in [5, 5.41) is 3.26. The molecule has 0 radical (unpaired) electrons. The molecule has 1 aliphatic heterocycles. The molecule has 4 nitrogen and oxygen atoms in total. The highest BCUT2D eigenvalue weighted by atomic mass is 79.9. The predicted molar refractivity (Wildman–Crippen MR) is 81.3 cm³/mol. The molecule has 19 heavy (non-hydrogen) atoms. The number of nitrogens with one attached hydrogen (secondary N) is 1. The summed E-state index contributed by atoms with van der Waals surface area (Å²) in [7, 11) is 3.43. The first-order chi connectivity index (χ1) is 8.63. The number of ether oxygens (including phenoxy) is 1. The van der Waals surface area contributed by atoms with E-state index in [-0.39, 0.29) is 24.4 Å². The van der Waals surface area contributed by atoms with E-state index in [1.807, 2.05) is 19.2 Å². The van der Waals surface area contributed by atoms with Crippen molar-refractivity contribution in [3.8, 4) is 5.75 Å². The van der Waals surface area contributed by atoms with Gasteiger partial charge >= 0.3 is 0 Å². The van der Waals surface area contributed by atoms with Crippen LogP contribution in [0.25, 0.3) is 0 Å². The zero-order chi connectivity index (χ0) is 13.1. The lowest BCUT2D eigenvalue weighted by Crippen LogP contribution is -2.38. The summed E-state index contributed by atoms with van der Waals surface area (Å²) in [4.78, 5) is 14.2. The zero-order valence-corrected chi connectivity index (χ0v) is 13.4. The second-order valence-electron chi connectivity index (χ2n) is 4.41. The first-order valence-electron chi connectivity index (χ1n) is 5.95. The van der Waals surface area contributed by atoms with Crippen molar-refractivity contribution in [1.29, 1.82) is 0 Å². The van der Waals surface area contributed by atoms with Gasteiger partial charge in [-0.15, -0.1) is 12.4 Å². The van der Waals surface area contributed by atoms with Gasteiger partial charge in [-0.3, -0.25) is 4.79 Å². The van der Waals surface area contributed by atoms with Gasteiger partial charge in [-0.1, -0.05) is 15.9 Å². The standard InChI is InChI=1S/C13H17BrN2O2.ClH/c1-16(10-5-6-15-8-10)13(17)11-4-3-9(14)7-12(11)18-2;/h3-4,7,10,15H,5-6,8H2,1-2H3;1H. The Balaban J connectivity index is 0.00000180. The van der Waals surface area contributed by atoms with Crippen LogP contribution in [0.5, 0.6) is 5.75 Å². The third kappa shape index (κ3) is 3.61. The van der Waals surface area contributed by atoms with Crippen LogP contribution in [0.3, 0.4) is 0 Å². The predicted octanol–water partition coefficient (Wildman–Crippen LogP) is 2.31. The van der Waals surface area contributed by atoms with E-state index in [4.69, 9.17) is 4.74 Å². The second-order valence-corrected chi connectivity index (χ2v) is 5.32. The lowest BCUT2D eigenvalue weighted by atomic mass is 10.1. The maximum Gasteiger partial charge on any atom is 0.257 e. The van der Waals surface area contributed by atoms with Gasteiger partial charge < -0.3 is 15.0 Å². The minimum Gasteiger partial charge on any atom is -0.496 e. The van der Waals surface area contributed by atoms with Crippen molar-refractivity contribution in [3.05, 3.63) is 28.2 Å². The molecule has 1 atom stereocenters. The highest BCUT2D eigenvalue weighted by Crippen LogP contribution is 2.25. The van der Waals surface area contributed by atoms with Gasteiger partial charge in [0.15, 0.2) is 0 Å². The summed E-state index contributed by atoms with van der Waals surface area (Å²) in [6.07, 6.45) is 1.00. The largest absolute Gasteiger partial charge is 0.496 e. The van der Waals surface area contributed by atoms with E-state index in [0.29, 0.717) is 11.3 Å². The van der Waals surface area contributed by atoms with Gasteiger partial charge in [0.2, 0.25) is 0 Å². The SMILES string of the molecule is COc1cc(Br)ccc1C(=O)N(C)C1CCNC1.Cl. The molecule has 6 heteroatoms. The van der Waals surface area contributed by atoms with Gasteiger partial charge in [0, 0.05) is 24.1 Å². The van der Waals surface area contributed by atoms with Crippen LogP contribution in [0.15, 0.2) is 22.7 Å².